The Labute approximate surface area is 67.3 Å². The van der Waals surface area contributed by atoms with Gasteiger partial charge in [0.2, 0.25) is 0 Å². The minimum atomic E-state index is -0.0917. The zero-order valence-corrected chi connectivity index (χ0v) is 7.33. The largest absolute Gasteiger partial charge is 0.468 e. The van der Waals surface area contributed by atoms with Gasteiger partial charge in [0.1, 0.15) is 6.04 Å². The highest BCUT2D eigenvalue weighted by Crippen LogP contribution is 2.28. The summed E-state index contributed by atoms with van der Waals surface area (Å²) in [6.07, 6.45) is 1.10. The molecule has 1 rings (SSSR count). The maximum Gasteiger partial charge on any atom is 0.324 e. The summed E-state index contributed by atoms with van der Waals surface area (Å²) < 4.78 is 4.64. The summed E-state index contributed by atoms with van der Waals surface area (Å²) >= 11 is 0. The molecule has 0 amide bonds. The molecule has 0 spiro atoms. The maximum absolute atomic E-state index is 11.0. The minimum absolute atomic E-state index is 0.0416. The first-order valence-corrected chi connectivity index (χ1v) is 4.06. The van der Waals surface area contributed by atoms with E-state index in [-0.39, 0.29) is 12.0 Å². The Morgan fingerprint density at radius 1 is 1.64 bits per heavy atom. The van der Waals surface area contributed by atoms with Crippen LogP contribution >= 0.6 is 0 Å². The van der Waals surface area contributed by atoms with Crippen LogP contribution in [0.1, 0.15) is 20.3 Å². The summed E-state index contributed by atoms with van der Waals surface area (Å²) in [6.45, 7) is 5.16. The van der Waals surface area contributed by atoms with Gasteiger partial charge in [-0.05, 0) is 19.9 Å². The molecule has 1 aliphatic rings. The Bertz CT molecular complexity index is 158. The van der Waals surface area contributed by atoms with Crippen molar-refractivity contribution in [3.8, 4) is 0 Å². The van der Waals surface area contributed by atoms with Gasteiger partial charge >= 0.3 is 5.97 Å². The molecule has 0 radical (unpaired) electrons. The smallest absolute Gasteiger partial charge is 0.324 e. The lowest BCUT2D eigenvalue weighted by Gasteiger charge is -1.98. The fraction of sp³-hybridized carbons (Fsp3) is 0.875. The summed E-state index contributed by atoms with van der Waals surface area (Å²) in [5.74, 6) is -0.0917. The van der Waals surface area contributed by atoms with Crippen LogP contribution < -0.4 is 0 Å². The van der Waals surface area contributed by atoms with Crippen molar-refractivity contribution in [2.45, 2.75) is 32.4 Å². The summed E-state index contributed by atoms with van der Waals surface area (Å²) in [4.78, 5) is 13.2. The number of carbonyl (C=O) groups excluding carboxylic acids is 1. The third-order valence-electron chi connectivity index (χ3n) is 2.17. The number of methoxy groups -OCH3 is 1. The Balaban J connectivity index is 2.35. The second-order valence-electron chi connectivity index (χ2n) is 2.95. The first kappa shape index (κ1) is 8.53. The summed E-state index contributed by atoms with van der Waals surface area (Å²) in [5, 5.41) is 0. The monoisotopic (exact) mass is 157 g/mol. The van der Waals surface area contributed by atoms with E-state index in [9.17, 15) is 4.79 Å². The third-order valence-corrected chi connectivity index (χ3v) is 2.17. The van der Waals surface area contributed by atoms with Gasteiger partial charge in [-0.15, -0.1) is 0 Å². The fourth-order valence-electron chi connectivity index (χ4n) is 1.46. The van der Waals surface area contributed by atoms with E-state index in [1.807, 2.05) is 0 Å². The highest BCUT2D eigenvalue weighted by atomic mass is 16.5. The Morgan fingerprint density at radius 2 is 2.27 bits per heavy atom. The highest BCUT2D eigenvalue weighted by Gasteiger charge is 2.49. The van der Waals surface area contributed by atoms with Gasteiger partial charge in [0.15, 0.2) is 0 Å². The van der Waals surface area contributed by atoms with E-state index in [1.165, 1.54) is 7.11 Å². The average molecular weight is 157 g/mol. The second-order valence-corrected chi connectivity index (χ2v) is 2.95. The van der Waals surface area contributed by atoms with Crippen LogP contribution in [0.25, 0.3) is 0 Å². The summed E-state index contributed by atoms with van der Waals surface area (Å²) in [6, 6.07) is 0.433. The molecule has 1 heterocycles. The maximum atomic E-state index is 11.0. The number of carbonyl (C=O) groups is 1. The average Bonchev–Trinajstić information content (AvgIpc) is 2.62. The van der Waals surface area contributed by atoms with Crippen LogP contribution in [0.5, 0.6) is 0 Å². The predicted octanol–water partition coefficient (Wildman–Crippen LogP) is 0.642. The van der Waals surface area contributed by atoms with Crippen LogP contribution in [0.2, 0.25) is 0 Å². The summed E-state index contributed by atoms with van der Waals surface area (Å²) in [5.41, 5.74) is 0. The van der Waals surface area contributed by atoms with Gasteiger partial charge in [-0.2, -0.15) is 0 Å². The first-order valence-electron chi connectivity index (χ1n) is 4.06. The number of esters is 1. The lowest BCUT2D eigenvalue weighted by molar-refractivity contribution is -0.140. The molecular formula is C8H15NO2. The second kappa shape index (κ2) is 3.22. The lowest BCUT2D eigenvalue weighted by Crippen LogP contribution is -2.14. The fourth-order valence-corrected chi connectivity index (χ4v) is 1.46. The van der Waals surface area contributed by atoms with Crippen molar-refractivity contribution in [2.24, 2.45) is 0 Å². The van der Waals surface area contributed by atoms with Crippen LogP contribution in [0.15, 0.2) is 0 Å². The van der Waals surface area contributed by atoms with E-state index < -0.39 is 0 Å². The van der Waals surface area contributed by atoms with E-state index in [4.69, 9.17) is 0 Å². The topological polar surface area (TPSA) is 29.3 Å². The molecule has 3 unspecified atom stereocenters. The summed E-state index contributed by atoms with van der Waals surface area (Å²) in [7, 11) is 1.44. The van der Waals surface area contributed by atoms with Crippen molar-refractivity contribution in [3.05, 3.63) is 0 Å². The van der Waals surface area contributed by atoms with Crippen LogP contribution in [0.3, 0.4) is 0 Å². The molecule has 1 saturated heterocycles. The molecule has 1 fully saturated rings. The van der Waals surface area contributed by atoms with E-state index >= 15 is 0 Å². The quantitative estimate of drug-likeness (QED) is 0.445. The Hall–Kier alpha value is -0.570. The van der Waals surface area contributed by atoms with Gasteiger partial charge < -0.3 is 4.74 Å². The molecule has 64 valence electrons. The Kier molecular flexibility index (Phi) is 2.49. The zero-order valence-electron chi connectivity index (χ0n) is 7.33. The molecule has 0 aliphatic carbocycles. The van der Waals surface area contributed by atoms with Gasteiger partial charge in [-0.3, -0.25) is 9.69 Å². The van der Waals surface area contributed by atoms with Crippen molar-refractivity contribution >= 4 is 5.97 Å². The van der Waals surface area contributed by atoms with Gasteiger partial charge in [0.25, 0.3) is 0 Å². The number of hydrogen-bond acceptors (Lipinski definition) is 3. The highest BCUT2D eigenvalue weighted by molar-refractivity contribution is 5.79. The molecular weight excluding hydrogens is 142 g/mol. The van der Waals surface area contributed by atoms with Crippen LogP contribution in [0.4, 0.5) is 0 Å². The number of nitrogens with zero attached hydrogens (tertiary/aromatic N) is 1. The SMILES string of the molecule is CCCN1C(C)C1C(=O)OC. The number of rotatable bonds is 3. The standard InChI is InChI=1S/C8H15NO2/c1-4-5-9-6(2)7(9)8(10)11-3/h6-7H,4-5H2,1-3H3. The third kappa shape index (κ3) is 1.53. The van der Waals surface area contributed by atoms with Crippen molar-refractivity contribution in [1.82, 2.24) is 4.90 Å². The van der Waals surface area contributed by atoms with Crippen molar-refractivity contribution in [3.63, 3.8) is 0 Å². The molecule has 3 heteroatoms. The van der Waals surface area contributed by atoms with Gasteiger partial charge in [-0.1, -0.05) is 6.92 Å². The normalized spacial score (nSPS) is 35.0. The van der Waals surface area contributed by atoms with Crippen LogP contribution in [-0.4, -0.2) is 36.6 Å². The number of ether oxygens (including phenoxy) is 1. The zero-order chi connectivity index (χ0) is 8.43. The molecule has 11 heavy (non-hydrogen) atoms. The van der Waals surface area contributed by atoms with E-state index in [1.54, 1.807) is 0 Å². The van der Waals surface area contributed by atoms with Gasteiger partial charge in [-0.25, -0.2) is 0 Å². The van der Waals surface area contributed by atoms with Crippen molar-refractivity contribution in [1.29, 1.82) is 0 Å². The van der Waals surface area contributed by atoms with Crippen LogP contribution in [0, 0.1) is 0 Å². The molecule has 0 aromatic rings. The molecule has 0 aromatic heterocycles. The molecule has 0 saturated carbocycles. The number of hydrogen-bond donors (Lipinski definition) is 0. The van der Waals surface area contributed by atoms with E-state index in [2.05, 4.69) is 23.5 Å². The first-order chi connectivity index (χ1) is 5.22. The molecule has 3 nitrogen and oxygen atoms in total. The van der Waals surface area contributed by atoms with E-state index in [0.29, 0.717) is 6.04 Å². The molecule has 0 N–H and O–H groups in total. The lowest BCUT2D eigenvalue weighted by atomic mass is 10.3. The molecule has 1 aliphatic heterocycles. The molecule has 3 atom stereocenters. The minimum Gasteiger partial charge on any atom is -0.468 e. The van der Waals surface area contributed by atoms with Gasteiger partial charge in [0.05, 0.1) is 7.11 Å². The predicted molar refractivity (Wildman–Crippen MR) is 42.3 cm³/mol. The Morgan fingerprint density at radius 3 is 2.73 bits per heavy atom. The van der Waals surface area contributed by atoms with Crippen molar-refractivity contribution < 1.29 is 9.53 Å². The van der Waals surface area contributed by atoms with E-state index in [0.717, 1.165) is 13.0 Å². The van der Waals surface area contributed by atoms with Gasteiger partial charge in [0, 0.05) is 6.04 Å². The van der Waals surface area contributed by atoms with Crippen LogP contribution in [-0.2, 0) is 9.53 Å². The molecule has 0 bridgehead atoms. The molecule has 0 aromatic carbocycles. The van der Waals surface area contributed by atoms with Crippen molar-refractivity contribution in [2.75, 3.05) is 13.7 Å².